The van der Waals surface area contributed by atoms with Crippen LogP contribution in [0.1, 0.15) is 25.8 Å². The predicted octanol–water partition coefficient (Wildman–Crippen LogP) is 7.49. The second kappa shape index (κ2) is 8.46. The number of aromatic nitrogens is 4. The zero-order valence-corrected chi connectivity index (χ0v) is 21.0. The molecule has 0 bridgehead atoms. The minimum absolute atomic E-state index is 0.0602. The van der Waals surface area contributed by atoms with Crippen LogP contribution in [-0.4, -0.2) is 26.2 Å². The molecule has 0 amide bonds. The van der Waals surface area contributed by atoms with Crippen LogP contribution in [0.15, 0.2) is 57.9 Å². The van der Waals surface area contributed by atoms with Gasteiger partial charge in [0.15, 0.2) is 5.01 Å². The highest BCUT2D eigenvalue weighted by atomic mass is 79.9. The van der Waals surface area contributed by atoms with Crippen molar-refractivity contribution in [1.29, 1.82) is 0 Å². The number of halogens is 2. The van der Waals surface area contributed by atoms with Crippen molar-refractivity contribution >= 4 is 50.6 Å². The third kappa shape index (κ3) is 4.08. The Bertz CT molecular complexity index is 1190. The first-order valence-electron chi connectivity index (χ1n) is 9.32. The molecule has 0 saturated heterocycles. The summed E-state index contributed by atoms with van der Waals surface area (Å²) < 4.78 is 2.95. The Morgan fingerprint density at radius 3 is 2.33 bits per heavy atom. The fourth-order valence-electron chi connectivity index (χ4n) is 3.02. The van der Waals surface area contributed by atoms with Crippen molar-refractivity contribution < 1.29 is 0 Å². The van der Waals surface area contributed by atoms with E-state index in [2.05, 4.69) is 65.3 Å². The summed E-state index contributed by atoms with van der Waals surface area (Å²) in [4.78, 5) is 1.05. The largest absolute Gasteiger partial charge is 0.230 e. The van der Waals surface area contributed by atoms with E-state index >= 15 is 0 Å². The zero-order valence-electron chi connectivity index (χ0n) is 17.0. The van der Waals surface area contributed by atoms with Gasteiger partial charge in [-0.05, 0) is 30.5 Å². The van der Waals surface area contributed by atoms with E-state index in [0.717, 1.165) is 42.0 Å². The summed E-state index contributed by atoms with van der Waals surface area (Å²) in [5.74, 6) is 0. The van der Waals surface area contributed by atoms with Gasteiger partial charge < -0.3 is 0 Å². The van der Waals surface area contributed by atoms with E-state index in [0.29, 0.717) is 5.02 Å². The van der Waals surface area contributed by atoms with Crippen molar-refractivity contribution in [2.75, 3.05) is 6.26 Å². The van der Waals surface area contributed by atoms with Crippen LogP contribution in [-0.2, 0) is 5.41 Å². The summed E-state index contributed by atoms with van der Waals surface area (Å²) in [5, 5.41) is 16.3. The first-order chi connectivity index (χ1) is 14.3. The minimum Gasteiger partial charge on any atom is -0.230 e. The molecule has 0 atom stereocenters. The second-order valence-electron chi connectivity index (χ2n) is 7.76. The van der Waals surface area contributed by atoms with Gasteiger partial charge in [0.2, 0.25) is 0 Å². The minimum atomic E-state index is -0.0602. The molecule has 2 aromatic heterocycles. The normalized spacial score (nSPS) is 11.8. The summed E-state index contributed by atoms with van der Waals surface area (Å²) >= 11 is 13.3. The molecule has 2 heterocycles. The average molecular weight is 520 g/mol. The Kier molecular flexibility index (Phi) is 6.08. The number of hydrogen-bond acceptors (Lipinski definition) is 5. The van der Waals surface area contributed by atoms with Crippen LogP contribution in [0.4, 0.5) is 0 Å². The van der Waals surface area contributed by atoms with Crippen molar-refractivity contribution in [3.05, 3.63) is 63.0 Å². The van der Waals surface area contributed by atoms with Gasteiger partial charge in [-0.3, -0.25) is 0 Å². The molecule has 0 aliphatic rings. The van der Waals surface area contributed by atoms with Gasteiger partial charge >= 0.3 is 0 Å². The summed E-state index contributed by atoms with van der Waals surface area (Å²) in [7, 11) is 0. The highest BCUT2D eigenvalue weighted by Crippen LogP contribution is 2.42. The Labute approximate surface area is 197 Å². The van der Waals surface area contributed by atoms with Crippen molar-refractivity contribution in [1.82, 2.24) is 20.0 Å². The molecule has 0 aliphatic heterocycles. The van der Waals surface area contributed by atoms with Crippen LogP contribution in [0.3, 0.4) is 0 Å². The van der Waals surface area contributed by atoms with E-state index < -0.39 is 0 Å². The molecular weight excluding hydrogens is 500 g/mol. The molecule has 30 heavy (non-hydrogen) atoms. The molecule has 0 saturated carbocycles. The lowest BCUT2D eigenvalue weighted by Crippen LogP contribution is -2.10. The highest BCUT2D eigenvalue weighted by Gasteiger charge is 2.26. The molecule has 4 rings (SSSR count). The van der Waals surface area contributed by atoms with E-state index in [9.17, 15) is 0 Å². The van der Waals surface area contributed by atoms with Crippen molar-refractivity contribution in [2.24, 2.45) is 0 Å². The molecule has 4 aromatic rings. The summed E-state index contributed by atoms with van der Waals surface area (Å²) in [6, 6.07) is 16.0. The molecular formula is C22H20BrClN4S2. The SMILES string of the molecule is CSc1c(-c2nnc(C(C)(C)C)s2)nn(-c2ccccc2Cl)c1-c1ccc(Br)cc1. The smallest absolute Gasteiger partial charge is 0.169 e. The molecule has 4 nitrogen and oxygen atoms in total. The van der Waals surface area contributed by atoms with E-state index in [1.165, 1.54) is 0 Å². The molecule has 154 valence electrons. The first kappa shape index (κ1) is 21.6. The van der Waals surface area contributed by atoms with Crippen LogP contribution in [0.5, 0.6) is 0 Å². The maximum Gasteiger partial charge on any atom is 0.169 e. The lowest BCUT2D eigenvalue weighted by Gasteiger charge is -2.12. The van der Waals surface area contributed by atoms with Gasteiger partial charge in [-0.25, -0.2) is 4.68 Å². The standard InChI is InChI=1S/C22H20BrClN4S2/c1-22(2,3)21-26-25-20(30-21)17-19(29-4)18(13-9-11-14(23)12-10-13)28(27-17)16-8-6-5-7-15(16)24/h5-12H,1-4H3. The van der Waals surface area contributed by atoms with Gasteiger partial charge in [0, 0.05) is 15.5 Å². The highest BCUT2D eigenvalue weighted by molar-refractivity contribution is 9.10. The van der Waals surface area contributed by atoms with Crippen LogP contribution in [0.25, 0.3) is 27.6 Å². The van der Waals surface area contributed by atoms with E-state index in [1.54, 1.807) is 23.1 Å². The molecule has 0 unspecified atom stereocenters. The lowest BCUT2D eigenvalue weighted by molar-refractivity contribution is 0.578. The Morgan fingerprint density at radius 1 is 1.03 bits per heavy atom. The summed E-state index contributed by atoms with van der Waals surface area (Å²) in [6.07, 6.45) is 2.06. The van der Waals surface area contributed by atoms with Crippen molar-refractivity contribution in [2.45, 2.75) is 31.1 Å². The molecule has 0 radical (unpaired) electrons. The van der Waals surface area contributed by atoms with Crippen LogP contribution in [0.2, 0.25) is 5.02 Å². The van der Waals surface area contributed by atoms with Crippen LogP contribution in [0, 0.1) is 0 Å². The zero-order chi connectivity index (χ0) is 21.5. The topological polar surface area (TPSA) is 43.6 Å². The lowest BCUT2D eigenvalue weighted by atomic mass is 9.98. The fourth-order valence-corrected chi connectivity index (χ4v) is 5.18. The average Bonchev–Trinajstić information content (AvgIpc) is 3.33. The Hall–Kier alpha value is -1.67. The van der Waals surface area contributed by atoms with Gasteiger partial charge in [-0.1, -0.05) is 83.9 Å². The Balaban J connectivity index is 1.99. The predicted molar refractivity (Wildman–Crippen MR) is 131 cm³/mol. The number of thioether (sulfide) groups is 1. The number of nitrogens with zero attached hydrogens (tertiary/aromatic N) is 4. The molecule has 0 spiro atoms. The maximum absolute atomic E-state index is 6.56. The van der Waals surface area contributed by atoms with E-state index in [-0.39, 0.29) is 5.41 Å². The fraction of sp³-hybridized carbons (Fsp3) is 0.227. The first-order valence-corrected chi connectivity index (χ1v) is 12.5. The Morgan fingerprint density at radius 2 is 1.73 bits per heavy atom. The molecule has 0 fully saturated rings. The quantitative estimate of drug-likeness (QED) is 0.262. The number of hydrogen-bond donors (Lipinski definition) is 0. The van der Waals surface area contributed by atoms with Crippen LogP contribution >= 0.6 is 50.6 Å². The van der Waals surface area contributed by atoms with Crippen molar-refractivity contribution in [3.63, 3.8) is 0 Å². The monoisotopic (exact) mass is 518 g/mol. The molecule has 0 aliphatic carbocycles. The van der Waals surface area contributed by atoms with Gasteiger partial charge in [0.25, 0.3) is 0 Å². The molecule has 0 N–H and O–H groups in total. The van der Waals surface area contributed by atoms with Crippen molar-refractivity contribution in [3.8, 4) is 27.6 Å². The van der Waals surface area contributed by atoms with Gasteiger partial charge in [0.05, 0.1) is 21.3 Å². The number of benzene rings is 2. The maximum atomic E-state index is 6.56. The van der Waals surface area contributed by atoms with Gasteiger partial charge in [0.1, 0.15) is 10.7 Å². The molecule has 2 aromatic carbocycles. The number of rotatable bonds is 4. The summed E-state index contributed by atoms with van der Waals surface area (Å²) in [5.41, 5.74) is 3.65. The van der Waals surface area contributed by atoms with Crippen LogP contribution < -0.4 is 0 Å². The second-order valence-corrected chi connectivity index (χ2v) is 10.9. The van der Waals surface area contributed by atoms with Gasteiger partial charge in [-0.15, -0.1) is 22.0 Å². The van der Waals surface area contributed by atoms with E-state index in [4.69, 9.17) is 16.7 Å². The summed E-state index contributed by atoms with van der Waals surface area (Å²) in [6.45, 7) is 6.42. The van der Waals surface area contributed by atoms with E-state index in [1.807, 2.05) is 41.1 Å². The third-order valence-corrected chi connectivity index (χ3v) is 7.51. The third-order valence-electron chi connectivity index (χ3n) is 4.51. The van der Waals surface area contributed by atoms with Gasteiger partial charge in [-0.2, -0.15) is 5.10 Å². The molecule has 8 heteroatoms. The number of para-hydroxylation sites is 1.